The fourth-order valence-corrected chi connectivity index (χ4v) is 8.02. The van der Waals surface area contributed by atoms with E-state index in [-0.39, 0.29) is 138 Å². The second-order valence-corrected chi connectivity index (χ2v) is 20.9. The van der Waals surface area contributed by atoms with Crippen LogP contribution in [0, 0.1) is 69.5 Å². The molecule has 3 aliphatic heterocycles. The molecule has 0 saturated heterocycles. The van der Waals surface area contributed by atoms with Crippen LogP contribution in [-0.4, -0.2) is 154 Å². The van der Waals surface area contributed by atoms with Crippen LogP contribution in [-0.2, 0) is 134 Å². The summed E-state index contributed by atoms with van der Waals surface area (Å²) in [6.07, 6.45) is 29.8. The Morgan fingerprint density at radius 3 is 0.656 bits per heavy atom. The second-order valence-electron chi connectivity index (χ2n) is 19.8. The third-order valence-electron chi connectivity index (χ3n) is 12.7. The van der Waals surface area contributed by atoms with Crippen molar-refractivity contribution in [2.24, 2.45) is 0 Å². The van der Waals surface area contributed by atoms with E-state index >= 15 is 0 Å². The number of aromatic carboxylic acids is 8. The monoisotopic (exact) mass is 2010 g/mol. The van der Waals surface area contributed by atoms with E-state index in [0.717, 1.165) is 5.59 Å². The Morgan fingerprint density at radius 1 is 0.336 bits per heavy atom. The van der Waals surface area contributed by atoms with Crippen LogP contribution in [0.5, 0.6) is 0 Å². The first-order valence-corrected chi connectivity index (χ1v) is 33.3. The van der Waals surface area contributed by atoms with Crippen LogP contribution in [0.4, 0.5) is 0 Å². The molecule has 619 valence electrons. The van der Waals surface area contributed by atoms with Gasteiger partial charge in [0.2, 0.25) is 0 Å². The minimum atomic E-state index is -1.08. The molecule has 0 unspecified atom stereocenters. The SMILES string of the molecule is C.C.C1=C[N-]B(B2C=CC=C[N-]2)C=C1.C1=C[N-]B(c2ccccn2)C=C1.N#C[S-].N#C[S-].N#C[S-].N#C[S-].N#C[S-].N#C[S-].O=C(O)c1ccnc(-c2cc(C(=O)O)ccn2)c1.O=C(O)c1ccnc(-c2cc(C(=O)O)ccn2)c1.O=C(O)c1ccnc(-c2cc(C(=O)O)ccn2)c1.O=C(O)c1ccnc(-c2cc(C(=O)O)ccn2)c1.[N-]=[N+]=N.[Ru+2].[Ru+3].[Ru+4]. The third-order valence-corrected chi connectivity index (χ3v) is 12.7. The summed E-state index contributed by atoms with van der Waals surface area (Å²) in [6.45, 7) is 0.489. The number of nitrogens with zero attached hydrogens (tertiary/aromatic N) is 20. The van der Waals surface area contributed by atoms with Gasteiger partial charge in [0.05, 0.1) is 90.1 Å². The number of aromatic nitrogens is 9. The molecule has 9 aromatic rings. The Hall–Kier alpha value is -14.4. The summed E-state index contributed by atoms with van der Waals surface area (Å²) in [6, 6.07) is 27.4. The van der Waals surface area contributed by atoms with Gasteiger partial charge in [-0.05, 0) is 119 Å². The number of nitriles is 6. The maximum atomic E-state index is 10.8. The molecule has 0 fully saturated rings. The average molecular weight is 2010 g/mol. The van der Waals surface area contributed by atoms with Crippen LogP contribution in [0.25, 0.3) is 71.7 Å². The van der Waals surface area contributed by atoms with Gasteiger partial charge >= 0.3 is 106 Å². The Bertz CT molecular complexity index is 4560. The molecule has 0 amide bonds. The summed E-state index contributed by atoms with van der Waals surface area (Å²) >= 11 is 22.2. The van der Waals surface area contributed by atoms with Gasteiger partial charge in [0.15, 0.2) is 0 Å². The molecule has 122 heavy (non-hydrogen) atoms. The fraction of sp³-hybridized carbons (Fsp3) is 0.0274. The first kappa shape index (κ1) is 118. The molecule has 0 spiro atoms. The van der Waals surface area contributed by atoms with E-state index in [1.54, 1.807) is 17.3 Å². The van der Waals surface area contributed by atoms with Crippen molar-refractivity contribution in [3.63, 3.8) is 0 Å². The molecule has 0 aliphatic carbocycles. The van der Waals surface area contributed by atoms with Crippen molar-refractivity contribution in [3.05, 3.63) is 315 Å². The summed E-state index contributed by atoms with van der Waals surface area (Å²) in [4.78, 5) is 124. The first-order valence-electron chi connectivity index (χ1n) is 30.8. The van der Waals surface area contributed by atoms with Gasteiger partial charge < -0.3 is 132 Å². The van der Waals surface area contributed by atoms with Crippen molar-refractivity contribution in [2.45, 2.75) is 14.9 Å². The molecule has 0 bridgehead atoms. The predicted octanol–water partition coefficient (Wildman–Crippen LogP) is 11.7. The van der Waals surface area contributed by atoms with Crippen molar-refractivity contribution in [2.75, 3.05) is 0 Å². The smallest absolute Gasteiger partial charge is 0.716 e. The van der Waals surface area contributed by atoms with Crippen molar-refractivity contribution >= 4 is 149 Å². The molecule has 3 aliphatic rings. The number of thiocyanates is 6. The second kappa shape index (κ2) is 71.9. The van der Waals surface area contributed by atoms with Crippen LogP contribution in [0.1, 0.15) is 97.7 Å². The quantitative estimate of drug-likeness (QED) is 0.0122. The number of allylic oxidation sites excluding steroid dienone is 6. The van der Waals surface area contributed by atoms with Gasteiger partial charge in [-0.3, -0.25) is 44.9 Å². The number of carboxylic acid groups (broad SMARTS) is 8. The molecule has 0 aromatic carbocycles. The molecule has 1 radical (unpaired) electrons. The summed E-state index contributed by atoms with van der Waals surface area (Å²) in [5, 5.41) is 135. The number of carbonyl (C=O) groups is 8. The van der Waals surface area contributed by atoms with E-state index in [0.29, 0.717) is 45.6 Å². The van der Waals surface area contributed by atoms with Crippen molar-refractivity contribution in [3.8, 4) is 78.0 Å². The number of pyridine rings is 9. The van der Waals surface area contributed by atoms with Crippen LogP contribution in [0.3, 0.4) is 0 Å². The van der Waals surface area contributed by atoms with E-state index in [1.807, 2.05) is 73.0 Å². The summed E-state index contributed by atoms with van der Waals surface area (Å²) in [5.41, 5.74) is 16.4. The molecule has 9 aromatic heterocycles. The molecule has 12 heterocycles. The molecule has 0 atom stereocenters. The van der Waals surface area contributed by atoms with Gasteiger partial charge in [0.25, 0.3) is 0 Å². The number of rotatable bonds is 14. The summed E-state index contributed by atoms with van der Waals surface area (Å²) in [5.74, 6) is -2.44. The number of hydrogen-bond acceptors (Lipinski definition) is 30. The van der Waals surface area contributed by atoms with E-state index in [2.05, 4.69) is 148 Å². The maximum absolute atomic E-state index is 10.8. The minimum Gasteiger partial charge on any atom is -0.716 e. The summed E-state index contributed by atoms with van der Waals surface area (Å²) in [7, 11) is 0. The van der Waals surface area contributed by atoms with Crippen molar-refractivity contribution in [1.82, 2.24) is 44.9 Å². The van der Waals surface area contributed by atoms with Crippen molar-refractivity contribution in [1.29, 1.82) is 37.1 Å². The standard InChI is InChI=1S/4C12H8N2O4.C9H8BN2.C8H8B2N2.6CHNS.2CH4.HN3.3Ru/c4*15-11(16)7-1-3-13-9(5-7)10-6-8(12(17)18)2-4-14-10;2*1-3-7-11-9(5-1)10-6-2-4-8-12-10;6*2-1-3;;;1-3-2;;;/h4*1-6H,(H,15,16)(H,17,18);2*1-8H;6*3H;2*1H4;1H;;;/q;;;;-1;-2;;;;;;;;;;+2;+3;+4/p-6. The Morgan fingerprint density at radius 2 is 0.516 bits per heavy atom. The molecule has 37 nitrogen and oxygen atoms in total. The molecule has 12 rings (SSSR count). The molecule has 9 N–H and O–H groups in total. The van der Waals surface area contributed by atoms with Gasteiger partial charge in [-0.1, -0.05) is 95.8 Å². The third kappa shape index (κ3) is 49.0. The zero-order chi connectivity index (χ0) is 87.9. The van der Waals surface area contributed by atoms with Crippen LogP contribution in [0.15, 0.2) is 244 Å². The largest absolute Gasteiger partial charge is 4.00 e. The maximum Gasteiger partial charge on any atom is 4.00 e. The van der Waals surface area contributed by atoms with Gasteiger partial charge in [-0.25, -0.2) is 69.9 Å². The molecule has 0 saturated carbocycles. The Kier molecular flexibility index (Phi) is 69.8. The minimum absolute atomic E-state index is 0. The van der Waals surface area contributed by atoms with Gasteiger partial charge in [0.1, 0.15) is 6.85 Å². The zero-order valence-electron chi connectivity index (χ0n) is 60.1. The average Bonchev–Trinajstić information content (AvgIpc) is 0.845. The number of hydrogen-bond donors (Lipinski definition) is 9. The molecule has 49 heteroatoms. The Balaban J connectivity index is -0.000000315. The van der Waals surface area contributed by atoms with E-state index in [1.165, 1.54) is 179 Å². The van der Waals surface area contributed by atoms with Gasteiger partial charge in [-0.15, -0.1) is 23.5 Å². The van der Waals surface area contributed by atoms with E-state index in [4.69, 9.17) is 83.5 Å². The van der Waals surface area contributed by atoms with Crippen LogP contribution < -0.4 is 5.59 Å². The Labute approximate surface area is 770 Å². The molecular formula is C73H57B3N21O16Ru3S6. The normalized spacial score (nSPS) is 9.64. The van der Waals surface area contributed by atoms with E-state index in [9.17, 15) is 38.4 Å². The van der Waals surface area contributed by atoms with Crippen LogP contribution >= 0.6 is 0 Å². The predicted molar refractivity (Wildman–Crippen MR) is 452 cm³/mol. The van der Waals surface area contributed by atoms with Crippen LogP contribution in [0.2, 0.25) is 0 Å². The fourth-order valence-electron chi connectivity index (χ4n) is 8.02. The topological polar surface area (TPSA) is 660 Å². The van der Waals surface area contributed by atoms with Gasteiger partial charge in [0, 0.05) is 69.2 Å². The number of carboxylic acids is 8. The van der Waals surface area contributed by atoms with Crippen molar-refractivity contribution < 1.29 is 138 Å². The van der Waals surface area contributed by atoms with E-state index < -0.39 is 47.8 Å². The number of nitrogens with one attached hydrogen (secondary N) is 1. The first-order chi connectivity index (χ1) is 56.1. The summed E-state index contributed by atoms with van der Waals surface area (Å²) < 4.78 is 0. The molecular weight excluding hydrogens is 1950 g/mol. The van der Waals surface area contributed by atoms with Gasteiger partial charge in [-0.2, -0.15) is 18.6 Å². The zero-order valence-corrected chi connectivity index (χ0v) is 70.2.